The van der Waals surface area contributed by atoms with Crippen molar-refractivity contribution in [1.29, 1.82) is 0 Å². The molecular weight excluding hydrogens is 422 g/mol. The number of carbonyl (C=O) groups excluding carboxylic acids is 2. The van der Waals surface area contributed by atoms with Crippen LogP contribution in [-0.4, -0.2) is 53.3 Å². The number of methoxy groups -OCH3 is 2. The van der Waals surface area contributed by atoms with Gasteiger partial charge in [0.25, 0.3) is 5.91 Å². The smallest absolute Gasteiger partial charge is 0.253 e. The van der Waals surface area contributed by atoms with E-state index in [1.165, 1.54) is 20.3 Å². The van der Waals surface area contributed by atoms with E-state index in [4.69, 9.17) is 9.47 Å². The van der Waals surface area contributed by atoms with Crippen molar-refractivity contribution in [2.24, 2.45) is 0 Å². The lowest BCUT2D eigenvalue weighted by molar-refractivity contribution is -0.114. The quantitative estimate of drug-likeness (QED) is 0.607. The van der Waals surface area contributed by atoms with Crippen LogP contribution in [-0.2, 0) is 14.8 Å². The second-order valence-electron chi connectivity index (χ2n) is 7.03. The van der Waals surface area contributed by atoms with Crippen molar-refractivity contribution in [3.05, 3.63) is 48.0 Å². The highest BCUT2D eigenvalue weighted by molar-refractivity contribution is 7.92. The third-order valence-electron chi connectivity index (χ3n) is 4.21. The summed E-state index contributed by atoms with van der Waals surface area (Å²) in [4.78, 5) is 25.2. The summed E-state index contributed by atoms with van der Waals surface area (Å²) in [5.41, 5.74) is 0.705. The minimum absolute atomic E-state index is 0.0856. The number of carbonyl (C=O) groups is 2. The van der Waals surface area contributed by atoms with E-state index in [0.29, 0.717) is 5.75 Å². The largest absolute Gasteiger partial charge is 0.497 e. The molecule has 0 spiro atoms. The zero-order chi connectivity index (χ0) is 23.2. The van der Waals surface area contributed by atoms with Crippen LogP contribution in [0.5, 0.6) is 11.5 Å². The van der Waals surface area contributed by atoms with E-state index in [-0.39, 0.29) is 34.6 Å². The number of amides is 2. The Morgan fingerprint density at radius 2 is 1.74 bits per heavy atom. The number of rotatable bonds is 9. The molecule has 0 saturated carbocycles. The predicted octanol–water partition coefficient (Wildman–Crippen LogP) is 2.25. The number of nitrogens with one attached hydrogen (secondary N) is 2. The van der Waals surface area contributed by atoms with Crippen LogP contribution in [0.1, 0.15) is 24.2 Å². The Hall–Kier alpha value is -3.27. The molecule has 0 saturated heterocycles. The third-order valence-corrected chi connectivity index (χ3v) is 5.33. The number of hydrogen-bond acceptors (Lipinski definition) is 6. The zero-order valence-corrected chi connectivity index (χ0v) is 18.9. The van der Waals surface area contributed by atoms with Crippen LogP contribution < -0.4 is 24.4 Å². The van der Waals surface area contributed by atoms with Crippen LogP contribution >= 0.6 is 0 Å². The van der Waals surface area contributed by atoms with Crippen molar-refractivity contribution in [3.8, 4) is 11.5 Å². The van der Waals surface area contributed by atoms with Crippen LogP contribution in [0.15, 0.2) is 42.5 Å². The maximum Gasteiger partial charge on any atom is 0.253 e. The Labute approximate surface area is 182 Å². The Morgan fingerprint density at radius 3 is 2.32 bits per heavy atom. The van der Waals surface area contributed by atoms with Gasteiger partial charge in [0, 0.05) is 12.1 Å². The normalized spacial score (nSPS) is 11.0. The first-order valence-corrected chi connectivity index (χ1v) is 11.3. The Balaban J connectivity index is 2.34. The molecule has 168 valence electrons. The van der Waals surface area contributed by atoms with Crippen LogP contribution in [0.25, 0.3) is 0 Å². The van der Waals surface area contributed by atoms with E-state index < -0.39 is 22.5 Å². The molecule has 0 aromatic heterocycles. The van der Waals surface area contributed by atoms with Gasteiger partial charge in [0.15, 0.2) is 0 Å². The van der Waals surface area contributed by atoms with E-state index in [1.54, 1.807) is 36.4 Å². The van der Waals surface area contributed by atoms with Crippen LogP contribution in [0.2, 0.25) is 0 Å². The fourth-order valence-corrected chi connectivity index (χ4v) is 3.67. The molecule has 2 aromatic rings. The van der Waals surface area contributed by atoms with Gasteiger partial charge < -0.3 is 20.1 Å². The van der Waals surface area contributed by atoms with Gasteiger partial charge in [0.2, 0.25) is 15.9 Å². The number of hydrogen-bond donors (Lipinski definition) is 2. The first kappa shape index (κ1) is 24.0. The SMILES string of the molecule is COc1ccc(OC)c(N(CC(=O)Nc2ccccc2C(=O)NC(C)C)S(C)(=O)=O)c1. The molecule has 10 heteroatoms. The van der Waals surface area contributed by atoms with Gasteiger partial charge in [-0.3, -0.25) is 13.9 Å². The molecule has 2 N–H and O–H groups in total. The number of para-hydroxylation sites is 1. The highest BCUT2D eigenvalue weighted by Crippen LogP contribution is 2.33. The molecule has 2 rings (SSSR count). The summed E-state index contributed by atoms with van der Waals surface area (Å²) in [6, 6.07) is 11.0. The molecule has 0 radical (unpaired) electrons. The minimum Gasteiger partial charge on any atom is -0.497 e. The zero-order valence-electron chi connectivity index (χ0n) is 18.1. The molecule has 0 bridgehead atoms. The average Bonchev–Trinajstić information content (AvgIpc) is 2.70. The summed E-state index contributed by atoms with van der Waals surface area (Å²) in [7, 11) is -1.00. The second kappa shape index (κ2) is 10.2. The molecule has 2 amide bonds. The van der Waals surface area contributed by atoms with Gasteiger partial charge in [-0.25, -0.2) is 8.42 Å². The molecule has 9 nitrogen and oxygen atoms in total. The minimum atomic E-state index is -3.85. The predicted molar refractivity (Wildman–Crippen MR) is 119 cm³/mol. The standard InChI is InChI=1S/C21H27N3O6S/c1-14(2)22-21(26)16-8-6-7-9-17(16)23-20(25)13-24(31(5,27)28)18-12-15(29-3)10-11-19(18)30-4/h6-12,14H,13H2,1-5H3,(H,22,26)(H,23,25). The summed E-state index contributed by atoms with van der Waals surface area (Å²) >= 11 is 0. The van der Waals surface area contributed by atoms with Gasteiger partial charge in [0.1, 0.15) is 18.0 Å². The van der Waals surface area contributed by atoms with Gasteiger partial charge >= 0.3 is 0 Å². The van der Waals surface area contributed by atoms with Crippen molar-refractivity contribution in [1.82, 2.24) is 5.32 Å². The average molecular weight is 450 g/mol. The maximum atomic E-state index is 12.8. The molecule has 31 heavy (non-hydrogen) atoms. The molecule has 2 aromatic carbocycles. The van der Waals surface area contributed by atoms with Crippen LogP contribution in [0.3, 0.4) is 0 Å². The van der Waals surface area contributed by atoms with Gasteiger partial charge in [-0.1, -0.05) is 12.1 Å². The van der Waals surface area contributed by atoms with Gasteiger partial charge in [-0.2, -0.15) is 0 Å². The second-order valence-corrected chi connectivity index (χ2v) is 8.94. The number of nitrogens with zero attached hydrogens (tertiary/aromatic N) is 1. The summed E-state index contributed by atoms with van der Waals surface area (Å²) in [6.45, 7) is 3.12. The maximum absolute atomic E-state index is 12.8. The number of sulfonamides is 1. The van der Waals surface area contributed by atoms with Gasteiger partial charge in [0.05, 0.1) is 37.4 Å². The number of benzene rings is 2. The van der Waals surface area contributed by atoms with Gasteiger partial charge in [-0.15, -0.1) is 0 Å². The monoisotopic (exact) mass is 449 g/mol. The lowest BCUT2D eigenvalue weighted by atomic mass is 10.1. The molecule has 0 unspecified atom stereocenters. The first-order valence-electron chi connectivity index (χ1n) is 9.46. The van der Waals surface area contributed by atoms with Crippen molar-refractivity contribution in [3.63, 3.8) is 0 Å². The molecule has 0 aliphatic rings. The topological polar surface area (TPSA) is 114 Å². The Morgan fingerprint density at radius 1 is 1.06 bits per heavy atom. The summed E-state index contributed by atoms with van der Waals surface area (Å²) < 4.78 is 36.3. The van der Waals surface area contributed by atoms with E-state index in [0.717, 1.165) is 10.6 Å². The Kier molecular flexibility index (Phi) is 7.87. The molecule has 0 atom stereocenters. The molecule has 0 aliphatic heterocycles. The van der Waals surface area contributed by atoms with Crippen LogP contribution in [0, 0.1) is 0 Å². The van der Waals surface area contributed by atoms with E-state index in [9.17, 15) is 18.0 Å². The van der Waals surface area contributed by atoms with Crippen LogP contribution in [0.4, 0.5) is 11.4 Å². The molecule has 0 heterocycles. The highest BCUT2D eigenvalue weighted by Gasteiger charge is 2.25. The van der Waals surface area contributed by atoms with E-state index in [2.05, 4.69) is 10.6 Å². The summed E-state index contributed by atoms with van der Waals surface area (Å²) in [5, 5.41) is 5.39. The van der Waals surface area contributed by atoms with E-state index in [1.807, 2.05) is 13.8 Å². The van der Waals surface area contributed by atoms with Gasteiger partial charge in [-0.05, 0) is 38.1 Å². The Bertz CT molecular complexity index is 1050. The molecule has 0 aliphatic carbocycles. The molecule has 0 fully saturated rings. The lowest BCUT2D eigenvalue weighted by Crippen LogP contribution is -2.38. The number of ether oxygens (including phenoxy) is 2. The number of anilines is 2. The fraction of sp³-hybridized carbons (Fsp3) is 0.333. The highest BCUT2D eigenvalue weighted by atomic mass is 32.2. The van der Waals surface area contributed by atoms with Crippen molar-refractivity contribution in [2.75, 3.05) is 36.6 Å². The van der Waals surface area contributed by atoms with Crippen molar-refractivity contribution in [2.45, 2.75) is 19.9 Å². The fourth-order valence-electron chi connectivity index (χ4n) is 2.82. The molecular formula is C21H27N3O6S. The van der Waals surface area contributed by atoms with E-state index >= 15 is 0 Å². The first-order chi connectivity index (χ1) is 14.6. The third kappa shape index (κ3) is 6.35. The summed E-state index contributed by atoms with van der Waals surface area (Å²) in [6.07, 6.45) is 0.989. The lowest BCUT2D eigenvalue weighted by Gasteiger charge is -2.24. The summed E-state index contributed by atoms with van der Waals surface area (Å²) in [5.74, 6) is -0.309. The van der Waals surface area contributed by atoms with Crippen molar-refractivity contribution >= 4 is 33.2 Å². The van der Waals surface area contributed by atoms with Crippen molar-refractivity contribution < 1.29 is 27.5 Å².